The van der Waals surface area contributed by atoms with Crippen LogP contribution in [0.3, 0.4) is 0 Å². The fourth-order valence-corrected chi connectivity index (χ4v) is 1.63. The van der Waals surface area contributed by atoms with Crippen molar-refractivity contribution in [1.29, 1.82) is 5.26 Å². The summed E-state index contributed by atoms with van der Waals surface area (Å²) >= 11 is 0. The average molecular weight is 254 g/mol. The number of nitrogens with zero attached hydrogens (tertiary/aromatic N) is 2. The van der Waals surface area contributed by atoms with Gasteiger partial charge in [0.25, 0.3) is 0 Å². The number of benzene rings is 1. The van der Waals surface area contributed by atoms with Crippen molar-refractivity contribution in [3.63, 3.8) is 0 Å². The zero-order valence-electron chi connectivity index (χ0n) is 10.2. The first-order chi connectivity index (χ1) is 9.19. The van der Waals surface area contributed by atoms with Gasteiger partial charge in [-0.3, -0.25) is 0 Å². The number of rotatable bonds is 4. The van der Waals surface area contributed by atoms with Gasteiger partial charge < -0.3 is 16.2 Å². The Morgan fingerprint density at radius 3 is 2.68 bits per heavy atom. The van der Waals surface area contributed by atoms with Crippen LogP contribution < -0.4 is 11.1 Å². The third-order valence-corrected chi connectivity index (χ3v) is 2.66. The minimum absolute atomic E-state index is 0.311. The van der Waals surface area contributed by atoms with Gasteiger partial charge in [0.05, 0.1) is 6.10 Å². The van der Waals surface area contributed by atoms with Crippen molar-refractivity contribution in [2.75, 3.05) is 17.6 Å². The molecule has 1 unspecified atom stereocenters. The van der Waals surface area contributed by atoms with Gasteiger partial charge >= 0.3 is 0 Å². The van der Waals surface area contributed by atoms with Gasteiger partial charge in [-0.2, -0.15) is 5.26 Å². The summed E-state index contributed by atoms with van der Waals surface area (Å²) in [5.41, 5.74) is 7.36. The number of aliphatic hydroxyl groups is 1. The highest BCUT2D eigenvalue weighted by Crippen LogP contribution is 2.15. The van der Waals surface area contributed by atoms with Gasteiger partial charge in [0.15, 0.2) is 0 Å². The minimum atomic E-state index is -0.659. The quantitative estimate of drug-likeness (QED) is 0.721. The largest absolute Gasteiger partial charge is 0.399 e. The summed E-state index contributed by atoms with van der Waals surface area (Å²) in [5, 5.41) is 21.7. The second-order valence-electron chi connectivity index (χ2n) is 4.08. The van der Waals surface area contributed by atoms with Gasteiger partial charge in [0.1, 0.15) is 17.6 Å². The molecule has 5 heteroatoms. The lowest BCUT2D eigenvalue weighted by Crippen LogP contribution is -2.13. The molecule has 0 amide bonds. The summed E-state index contributed by atoms with van der Waals surface area (Å²) in [6.45, 7) is 0.311. The van der Waals surface area contributed by atoms with Crippen molar-refractivity contribution in [2.45, 2.75) is 6.10 Å². The molecule has 4 N–H and O–H groups in total. The predicted octanol–water partition coefficient (Wildman–Crippen LogP) is 1.68. The van der Waals surface area contributed by atoms with Crippen LogP contribution in [0.4, 0.5) is 11.5 Å². The lowest BCUT2D eigenvalue weighted by Gasteiger charge is -2.12. The molecule has 2 rings (SSSR count). The van der Waals surface area contributed by atoms with E-state index in [4.69, 9.17) is 11.0 Å². The highest BCUT2D eigenvalue weighted by molar-refractivity contribution is 5.41. The fraction of sp³-hybridized carbons (Fsp3) is 0.143. The van der Waals surface area contributed by atoms with Gasteiger partial charge in [0, 0.05) is 12.2 Å². The number of hydrogen-bond donors (Lipinski definition) is 3. The molecular weight excluding hydrogens is 240 g/mol. The summed E-state index contributed by atoms with van der Waals surface area (Å²) in [4.78, 5) is 4.07. The van der Waals surface area contributed by atoms with E-state index in [2.05, 4.69) is 10.3 Å². The van der Waals surface area contributed by atoms with Crippen LogP contribution in [0.15, 0.2) is 42.5 Å². The van der Waals surface area contributed by atoms with Gasteiger partial charge in [-0.05, 0) is 29.8 Å². The smallest absolute Gasteiger partial charge is 0.142 e. The summed E-state index contributed by atoms with van der Waals surface area (Å²) in [5.74, 6) is 0.563. The minimum Gasteiger partial charge on any atom is -0.399 e. The Kier molecular flexibility index (Phi) is 3.96. The van der Waals surface area contributed by atoms with Crippen LogP contribution in [0, 0.1) is 11.3 Å². The Hall–Kier alpha value is -2.58. The molecular formula is C14H14N4O. The van der Waals surface area contributed by atoms with E-state index in [9.17, 15) is 5.11 Å². The maximum Gasteiger partial charge on any atom is 0.142 e. The number of nitrogen functional groups attached to an aromatic ring is 1. The Morgan fingerprint density at radius 1 is 1.26 bits per heavy atom. The number of pyridine rings is 1. The zero-order valence-corrected chi connectivity index (χ0v) is 10.2. The van der Waals surface area contributed by atoms with E-state index in [0.29, 0.717) is 23.7 Å². The summed E-state index contributed by atoms with van der Waals surface area (Å²) < 4.78 is 0. The number of nitrogens with one attached hydrogen (secondary N) is 1. The van der Waals surface area contributed by atoms with Gasteiger partial charge in [-0.15, -0.1) is 0 Å². The molecule has 0 spiro atoms. The Balaban J connectivity index is 1.98. The molecule has 0 aliphatic rings. The third kappa shape index (κ3) is 3.44. The SMILES string of the molecule is N#Cc1cccc(NCC(O)c2ccc(N)cc2)n1. The third-order valence-electron chi connectivity index (χ3n) is 2.66. The first-order valence-electron chi connectivity index (χ1n) is 5.83. The van der Waals surface area contributed by atoms with Crippen molar-refractivity contribution >= 4 is 11.5 Å². The van der Waals surface area contributed by atoms with Crippen molar-refractivity contribution in [2.24, 2.45) is 0 Å². The van der Waals surface area contributed by atoms with Crippen LogP contribution in [-0.2, 0) is 0 Å². The molecule has 0 bridgehead atoms. The Labute approximate surface area is 111 Å². The number of anilines is 2. The van der Waals surface area contributed by atoms with Crippen LogP contribution in [0.5, 0.6) is 0 Å². The van der Waals surface area contributed by atoms with Crippen LogP contribution in [0.25, 0.3) is 0 Å². The lowest BCUT2D eigenvalue weighted by atomic mass is 10.1. The van der Waals surface area contributed by atoms with E-state index < -0.39 is 6.10 Å². The number of nitrogens with two attached hydrogens (primary N) is 1. The highest BCUT2D eigenvalue weighted by Gasteiger charge is 2.07. The maximum atomic E-state index is 10.0. The summed E-state index contributed by atoms with van der Waals surface area (Å²) in [6.07, 6.45) is -0.659. The number of hydrogen-bond acceptors (Lipinski definition) is 5. The fourth-order valence-electron chi connectivity index (χ4n) is 1.63. The monoisotopic (exact) mass is 254 g/mol. The van der Waals surface area contributed by atoms with E-state index in [1.54, 1.807) is 42.5 Å². The molecule has 1 atom stereocenters. The van der Waals surface area contributed by atoms with E-state index in [1.807, 2.05) is 6.07 Å². The molecule has 0 aliphatic heterocycles. The molecule has 1 aromatic carbocycles. The molecule has 2 aromatic rings. The van der Waals surface area contributed by atoms with E-state index in [0.717, 1.165) is 5.56 Å². The molecule has 0 saturated heterocycles. The molecule has 0 aliphatic carbocycles. The molecule has 1 heterocycles. The number of nitriles is 1. The topological polar surface area (TPSA) is 95.0 Å². The zero-order chi connectivity index (χ0) is 13.7. The molecule has 1 aromatic heterocycles. The van der Waals surface area contributed by atoms with Crippen LogP contribution >= 0.6 is 0 Å². The van der Waals surface area contributed by atoms with E-state index in [1.165, 1.54) is 0 Å². The maximum absolute atomic E-state index is 10.0. The second-order valence-corrected chi connectivity index (χ2v) is 4.08. The molecule has 5 nitrogen and oxygen atoms in total. The molecule has 0 fully saturated rings. The first-order valence-corrected chi connectivity index (χ1v) is 5.83. The first kappa shape index (κ1) is 12.9. The average Bonchev–Trinajstić information content (AvgIpc) is 2.46. The Morgan fingerprint density at radius 2 is 2.00 bits per heavy atom. The van der Waals surface area contributed by atoms with E-state index in [-0.39, 0.29) is 0 Å². The number of aromatic nitrogens is 1. The van der Waals surface area contributed by atoms with E-state index >= 15 is 0 Å². The molecule has 0 saturated carbocycles. The van der Waals surface area contributed by atoms with Gasteiger partial charge in [-0.25, -0.2) is 4.98 Å². The van der Waals surface area contributed by atoms with Crippen molar-refractivity contribution in [1.82, 2.24) is 4.98 Å². The molecule has 96 valence electrons. The standard InChI is InChI=1S/C14H14N4O/c15-8-12-2-1-3-14(18-12)17-9-13(19)10-4-6-11(16)7-5-10/h1-7,13,19H,9,16H2,(H,17,18). The van der Waals surface area contributed by atoms with Gasteiger partial charge in [-0.1, -0.05) is 18.2 Å². The number of aliphatic hydroxyl groups excluding tert-OH is 1. The highest BCUT2D eigenvalue weighted by atomic mass is 16.3. The van der Waals surface area contributed by atoms with Crippen molar-refractivity contribution in [3.8, 4) is 6.07 Å². The van der Waals surface area contributed by atoms with Gasteiger partial charge in [0.2, 0.25) is 0 Å². The van der Waals surface area contributed by atoms with Crippen LogP contribution in [0.2, 0.25) is 0 Å². The summed E-state index contributed by atoms with van der Waals surface area (Å²) in [7, 11) is 0. The normalized spacial score (nSPS) is 11.6. The predicted molar refractivity (Wildman–Crippen MR) is 73.3 cm³/mol. The molecule has 19 heavy (non-hydrogen) atoms. The Bertz CT molecular complexity index is 589. The lowest BCUT2D eigenvalue weighted by molar-refractivity contribution is 0.191. The van der Waals surface area contributed by atoms with Crippen LogP contribution in [0.1, 0.15) is 17.4 Å². The molecule has 0 radical (unpaired) electrons. The van der Waals surface area contributed by atoms with Crippen LogP contribution in [-0.4, -0.2) is 16.6 Å². The van der Waals surface area contributed by atoms with Crippen molar-refractivity contribution in [3.05, 3.63) is 53.7 Å². The summed E-state index contributed by atoms with van der Waals surface area (Å²) in [6, 6.07) is 14.1. The second kappa shape index (κ2) is 5.85. The van der Waals surface area contributed by atoms with Crippen molar-refractivity contribution < 1.29 is 5.11 Å².